The molecule has 1 aromatic rings. The number of piperidine rings is 1. The summed E-state index contributed by atoms with van der Waals surface area (Å²) in [5.74, 6) is -1.56. The fourth-order valence-corrected chi connectivity index (χ4v) is 2.53. The minimum absolute atomic E-state index is 0.00983. The largest absolute Gasteiger partial charge is 0.496 e. The van der Waals surface area contributed by atoms with Crippen LogP contribution in [-0.4, -0.2) is 37.6 Å². The maximum absolute atomic E-state index is 13.1. The summed E-state index contributed by atoms with van der Waals surface area (Å²) in [6.07, 6.45) is 0.864. The summed E-state index contributed by atoms with van der Waals surface area (Å²) in [7, 11) is 1.67. The molecule has 0 amide bonds. The number of alkyl halides is 2. The minimum Gasteiger partial charge on any atom is -0.496 e. The van der Waals surface area contributed by atoms with E-state index in [0.29, 0.717) is 13.1 Å². The van der Waals surface area contributed by atoms with Gasteiger partial charge in [0.05, 0.1) is 7.11 Å². The van der Waals surface area contributed by atoms with Crippen LogP contribution in [0.3, 0.4) is 0 Å². The van der Waals surface area contributed by atoms with Crippen molar-refractivity contribution in [3.05, 3.63) is 29.3 Å². The average Bonchev–Trinajstić information content (AvgIpc) is 2.39. The van der Waals surface area contributed by atoms with Crippen LogP contribution in [0, 0.1) is 6.92 Å². The molecule has 2 nitrogen and oxygen atoms in total. The number of likely N-dealkylation sites (tertiary alicyclic amines) is 1. The van der Waals surface area contributed by atoms with Crippen molar-refractivity contribution in [1.29, 1.82) is 0 Å². The van der Waals surface area contributed by atoms with Crippen LogP contribution >= 0.6 is 0 Å². The molecule has 2 rings (SSSR count). The topological polar surface area (TPSA) is 12.5 Å². The van der Waals surface area contributed by atoms with Gasteiger partial charge in [0.25, 0.3) is 5.92 Å². The van der Waals surface area contributed by atoms with Gasteiger partial charge in [-0.1, -0.05) is 12.1 Å². The van der Waals surface area contributed by atoms with Crippen molar-refractivity contribution in [2.24, 2.45) is 0 Å². The van der Waals surface area contributed by atoms with Crippen molar-refractivity contribution in [3.8, 4) is 5.75 Å². The highest BCUT2D eigenvalue weighted by molar-refractivity contribution is 5.39. The molecule has 1 aliphatic heterocycles. The number of hydrogen-bond donors (Lipinski definition) is 0. The smallest absolute Gasteiger partial charge is 0.250 e. The second kappa shape index (κ2) is 5.87. The number of benzene rings is 1. The zero-order valence-corrected chi connectivity index (χ0v) is 11.6. The van der Waals surface area contributed by atoms with Crippen LogP contribution < -0.4 is 4.74 Å². The predicted octanol–water partition coefficient (Wildman–Crippen LogP) is 3.28. The summed E-state index contributed by atoms with van der Waals surface area (Å²) in [6, 6.07) is 6.00. The molecule has 0 spiro atoms. The fourth-order valence-electron chi connectivity index (χ4n) is 2.53. The number of methoxy groups -OCH3 is 1. The highest BCUT2D eigenvalue weighted by Crippen LogP contribution is 2.28. The summed E-state index contributed by atoms with van der Waals surface area (Å²) in [4.78, 5) is 2.12. The Labute approximate surface area is 113 Å². The third kappa shape index (κ3) is 3.66. The van der Waals surface area contributed by atoms with Crippen LogP contribution in [0.1, 0.15) is 24.0 Å². The van der Waals surface area contributed by atoms with Gasteiger partial charge in [-0.2, -0.15) is 0 Å². The summed E-state index contributed by atoms with van der Waals surface area (Å²) in [5.41, 5.74) is 2.38. The highest BCUT2D eigenvalue weighted by atomic mass is 19.3. The molecule has 0 atom stereocenters. The number of nitrogens with zero attached hydrogens (tertiary/aromatic N) is 1. The molecule has 4 heteroatoms. The van der Waals surface area contributed by atoms with E-state index in [0.717, 1.165) is 24.3 Å². The third-order valence-electron chi connectivity index (χ3n) is 3.90. The molecule has 1 aliphatic rings. The van der Waals surface area contributed by atoms with Crippen molar-refractivity contribution in [2.75, 3.05) is 26.7 Å². The SMILES string of the molecule is COc1cccc(CCN2CCC(F)(F)CC2)c1C. The Bertz CT molecular complexity index is 424. The summed E-state index contributed by atoms with van der Waals surface area (Å²) in [5, 5.41) is 0. The molecule has 19 heavy (non-hydrogen) atoms. The summed E-state index contributed by atoms with van der Waals surface area (Å²) in [6.45, 7) is 3.87. The summed E-state index contributed by atoms with van der Waals surface area (Å²) < 4.78 is 31.4. The minimum atomic E-state index is -2.46. The van der Waals surface area contributed by atoms with Gasteiger partial charge >= 0.3 is 0 Å². The quantitative estimate of drug-likeness (QED) is 0.831. The normalized spacial score (nSPS) is 19.4. The lowest BCUT2D eigenvalue weighted by atomic mass is 10.0. The number of halogens is 2. The predicted molar refractivity (Wildman–Crippen MR) is 72.1 cm³/mol. The van der Waals surface area contributed by atoms with Gasteiger partial charge in [0, 0.05) is 32.5 Å². The van der Waals surface area contributed by atoms with E-state index >= 15 is 0 Å². The zero-order valence-electron chi connectivity index (χ0n) is 11.6. The van der Waals surface area contributed by atoms with E-state index in [9.17, 15) is 8.78 Å². The van der Waals surface area contributed by atoms with Gasteiger partial charge < -0.3 is 9.64 Å². The van der Waals surface area contributed by atoms with E-state index in [2.05, 4.69) is 11.0 Å². The Kier molecular flexibility index (Phi) is 4.40. The Morgan fingerprint density at radius 2 is 1.95 bits per heavy atom. The van der Waals surface area contributed by atoms with Crippen LogP contribution in [0.4, 0.5) is 8.78 Å². The molecule has 106 valence electrons. The van der Waals surface area contributed by atoms with Crippen molar-refractivity contribution >= 4 is 0 Å². The van der Waals surface area contributed by atoms with Crippen LogP contribution in [0.2, 0.25) is 0 Å². The van der Waals surface area contributed by atoms with Gasteiger partial charge in [-0.15, -0.1) is 0 Å². The molecule has 1 aromatic carbocycles. The Hall–Kier alpha value is -1.16. The van der Waals surface area contributed by atoms with Crippen LogP contribution in [0.25, 0.3) is 0 Å². The van der Waals surface area contributed by atoms with E-state index < -0.39 is 5.92 Å². The van der Waals surface area contributed by atoms with E-state index in [1.165, 1.54) is 5.56 Å². The first-order valence-corrected chi connectivity index (χ1v) is 6.74. The van der Waals surface area contributed by atoms with Gasteiger partial charge in [-0.05, 0) is 30.5 Å². The molecule has 0 aliphatic carbocycles. The molecule has 0 radical (unpaired) electrons. The molecular weight excluding hydrogens is 248 g/mol. The number of hydrogen-bond acceptors (Lipinski definition) is 2. The van der Waals surface area contributed by atoms with Crippen LogP contribution in [-0.2, 0) is 6.42 Å². The second-order valence-electron chi connectivity index (χ2n) is 5.19. The van der Waals surface area contributed by atoms with Gasteiger partial charge in [-0.3, -0.25) is 0 Å². The first-order valence-electron chi connectivity index (χ1n) is 6.74. The van der Waals surface area contributed by atoms with E-state index in [4.69, 9.17) is 4.74 Å². The highest BCUT2D eigenvalue weighted by Gasteiger charge is 2.33. The third-order valence-corrected chi connectivity index (χ3v) is 3.90. The van der Waals surface area contributed by atoms with Gasteiger partial charge in [0.2, 0.25) is 0 Å². The first-order chi connectivity index (χ1) is 9.02. The van der Waals surface area contributed by atoms with Gasteiger partial charge in [0.15, 0.2) is 0 Å². The van der Waals surface area contributed by atoms with E-state index in [1.54, 1.807) is 7.11 Å². The van der Waals surface area contributed by atoms with Crippen molar-refractivity contribution < 1.29 is 13.5 Å². The number of ether oxygens (including phenoxy) is 1. The lowest BCUT2D eigenvalue weighted by Crippen LogP contribution is -2.40. The first kappa shape index (κ1) is 14.3. The zero-order chi connectivity index (χ0) is 13.9. The van der Waals surface area contributed by atoms with Crippen molar-refractivity contribution in [1.82, 2.24) is 4.90 Å². The molecule has 1 heterocycles. The van der Waals surface area contributed by atoms with E-state index in [-0.39, 0.29) is 12.8 Å². The number of rotatable bonds is 4. The van der Waals surface area contributed by atoms with Crippen LogP contribution in [0.5, 0.6) is 5.75 Å². The maximum atomic E-state index is 13.1. The maximum Gasteiger partial charge on any atom is 0.250 e. The molecule has 0 unspecified atom stereocenters. The standard InChI is InChI=1S/C15H21F2NO/c1-12-13(4-3-5-14(12)19-2)6-9-18-10-7-15(16,17)8-11-18/h3-5H,6-11H2,1-2H3. The van der Waals surface area contributed by atoms with Crippen molar-refractivity contribution in [3.63, 3.8) is 0 Å². The Morgan fingerprint density at radius 1 is 1.26 bits per heavy atom. The Morgan fingerprint density at radius 3 is 2.58 bits per heavy atom. The lowest BCUT2D eigenvalue weighted by molar-refractivity contribution is -0.0548. The van der Waals surface area contributed by atoms with Crippen LogP contribution in [0.15, 0.2) is 18.2 Å². The molecule has 0 aromatic heterocycles. The molecule has 1 saturated heterocycles. The molecular formula is C15H21F2NO. The van der Waals surface area contributed by atoms with Gasteiger partial charge in [-0.25, -0.2) is 8.78 Å². The fraction of sp³-hybridized carbons (Fsp3) is 0.600. The van der Waals surface area contributed by atoms with Crippen molar-refractivity contribution in [2.45, 2.75) is 32.1 Å². The monoisotopic (exact) mass is 269 g/mol. The second-order valence-corrected chi connectivity index (χ2v) is 5.19. The lowest BCUT2D eigenvalue weighted by Gasteiger charge is -2.31. The molecule has 0 N–H and O–H groups in total. The Balaban J connectivity index is 1.89. The molecule has 0 saturated carbocycles. The van der Waals surface area contributed by atoms with E-state index in [1.807, 2.05) is 19.1 Å². The molecule has 1 fully saturated rings. The van der Waals surface area contributed by atoms with Gasteiger partial charge in [0.1, 0.15) is 5.75 Å². The average molecular weight is 269 g/mol. The molecule has 0 bridgehead atoms. The summed E-state index contributed by atoms with van der Waals surface area (Å²) >= 11 is 0.